The average molecular weight is 280 g/mol. The zero-order valence-corrected chi connectivity index (χ0v) is 11.9. The first-order chi connectivity index (χ1) is 10.0. The Balaban J connectivity index is 2.14. The largest absolute Gasteiger partial charge is 0.322 e. The monoisotopic (exact) mass is 280 g/mol. The third-order valence-corrected chi connectivity index (χ3v) is 3.63. The van der Waals surface area contributed by atoms with Gasteiger partial charge in [0.05, 0.1) is 11.7 Å². The summed E-state index contributed by atoms with van der Waals surface area (Å²) in [5.41, 5.74) is 9.66. The Bertz CT molecular complexity index is 797. The molecule has 106 valence electrons. The molecular formula is C16H16N4O. The predicted molar refractivity (Wildman–Crippen MR) is 84.2 cm³/mol. The predicted octanol–water partition coefficient (Wildman–Crippen LogP) is 3.82. The van der Waals surface area contributed by atoms with Crippen LogP contribution < -0.4 is 5.73 Å². The summed E-state index contributed by atoms with van der Waals surface area (Å²) in [5.74, 6) is 0. The average Bonchev–Trinajstić information content (AvgIpc) is 2.94. The van der Waals surface area contributed by atoms with Gasteiger partial charge in [0.1, 0.15) is 5.69 Å². The summed E-state index contributed by atoms with van der Waals surface area (Å²) in [6.07, 6.45) is 1.62. The third kappa shape index (κ3) is 2.32. The van der Waals surface area contributed by atoms with Gasteiger partial charge in [0.15, 0.2) is 0 Å². The van der Waals surface area contributed by atoms with Crippen LogP contribution >= 0.6 is 0 Å². The molecule has 3 rings (SSSR count). The molecule has 0 spiro atoms. The second-order valence-corrected chi connectivity index (χ2v) is 5.68. The normalized spacial score (nSPS) is 11.8. The molecule has 1 aromatic heterocycles. The highest BCUT2D eigenvalue weighted by molar-refractivity contribution is 5.98. The minimum Gasteiger partial charge on any atom is -0.322 e. The molecule has 5 nitrogen and oxygen atoms in total. The second kappa shape index (κ2) is 4.79. The zero-order valence-electron chi connectivity index (χ0n) is 11.9. The van der Waals surface area contributed by atoms with Crippen LogP contribution in [0.25, 0.3) is 22.0 Å². The lowest BCUT2D eigenvalue weighted by molar-refractivity contribution is 0.554. The first-order valence-electron chi connectivity index (χ1n) is 6.70. The highest BCUT2D eigenvalue weighted by Gasteiger charge is 2.15. The van der Waals surface area contributed by atoms with Crippen molar-refractivity contribution in [2.75, 3.05) is 0 Å². The maximum Gasteiger partial charge on any atom is 0.126 e. The summed E-state index contributed by atoms with van der Waals surface area (Å²) in [7, 11) is 0. The number of nitroso groups, excluding NO2 is 1. The number of hydrogen-bond donors (Lipinski definition) is 2. The van der Waals surface area contributed by atoms with Gasteiger partial charge in [-0.25, -0.2) is 0 Å². The topological polar surface area (TPSA) is 84.1 Å². The van der Waals surface area contributed by atoms with Gasteiger partial charge < -0.3 is 5.73 Å². The molecule has 21 heavy (non-hydrogen) atoms. The number of nitrogens with two attached hydrogens (primary N) is 1. The molecule has 1 heterocycles. The Morgan fingerprint density at radius 2 is 1.86 bits per heavy atom. The SMILES string of the molecule is CC(C)(N)c1ccc(-c2ccc3[nH]ncc3c2N=O)cc1. The molecule has 0 aliphatic heterocycles. The van der Waals surface area contributed by atoms with Gasteiger partial charge in [-0.2, -0.15) is 5.10 Å². The van der Waals surface area contributed by atoms with E-state index in [0.29, 0.717) is 5.69 Å². The van der Waals surface area contributed by atoms with Crippen molar-refractivity contribution in [1.82, 2.24) is 10.2 Å². The summed E-state index contributed by atoms with van der Waals surface area (Å²) in [6.45, 7) is 3.91. The molecule has 0 amide bonds. The van der Waals surface area contributed by atoms with E-state index in [0.717, 1.165) is 27.6 Å². The summed E-state index contributed by atoms with van der Waals surface area (Å²) in [4.78, 5) is 11.2. The standard InChI is InChI=1S/C16H16N4O/c1-16(2,17)11-5-3-10(4-6-11)12-7-8-14-13(9-18-19-14)15(12)20-21/h3-9H,17H2,1-2H3,(H,18,19). The van der Waals surface area contributed by atoms with E-state index >= 15 is 0 Å². The van der Waals surface area contributed by atoms with E-state index < -0.39 is 5.54 Å². The first-order valence-corrected chi connectivity index (χ1v) is 6.70. The molecular weight excluding hydrogens is 264 g/mol. The molecule has 0 saturated heterocycles. The molecule has 3 aromatic rings. The lowest BCUT2D eigenvalue weighted by Gasteiger charge is -2.19. The van der Waals surface area contributed by atoms with Gasteiger partial charge in [0, 0.05) is 16.5 Å². The maximum atomic E-state index is 11.2. The molecule has 5 heteroatoms. The summed E-state index contributed by atoms with van der Waals surface area (Å²) in [6, 6.07) is 11.6. The van der Waals surface area contributed by atoms with Crippen LogP contribution in [0.15, 0.2) is 47.8 Å². The van der Waals surface area contributed by atoms with Crippen molar-refractivity contribution in [2.24, 2.45) is 10.9 Å². The van der Waals surface area contributed by atoms with Crippen LogP contribution in [0.5, 0.6) is 0 Å². The maximum absolute atomic E-state index is 11.2. The number of nitrogens with zero attached hydrogens (tertiary/aromatic N) is 2. The molecule has 0 fully saturated rings. The molecule has 3 N–H and O–H groups in total. The van der Waals surface area contributed by atoms with Crippen molar-refractivity contribution >= 4 is 16.6 Å². The molecule has 0 unspecified atom stereocenters. The van der Waals surface area contributed by atoms with Crippen molar-refractivity contribution < 1.29 is 0 Å². The van der Waals surface area contributed by atoms with E-state index in [9.17, 15) is 4.91 Å². The van der Waals surface area contributed by atoms with E-state index in [2.05, 4.69) is 15.4 Å². The fourth-order valence-electron chi connectivity index (χ4n) is 2.41. The van der Waals surface area contributed by atoms with Gasteiger partial charge >= 0.3 is 0 Å². The number of aromatic nitrogens is 2. The van der Waals surface area contributed by atoms with Gasteiger partial charge in [-0.3, -0.25) is 5.10 Å². The third-order valence-electron chi connectivity index (χ3n) is 3.63. The molecule has 2 aromatic carbocycles. The van der Waals surface area contributed by atoms with Crippen molar-refractivity contribution in [3.05, 3.63) is 53.1 Å². The van der Waals surface area contributed by atoms with Crippen molar-refractivity contribution in [1.29, 1.82) is 0 Å². The second-order valence-electron chi connectivity index (χ2n) is 5.68. The highest BCUT2D eigenvalue weighted by Crippen LogP contribution is 2.36. The smallest absolute Gasteiger partial charge is 0.126 e. The zero-order chi connectivity index (χ0) is 15.0. The van der Waals surface area contributed by atoms with E-state index in [1.54, 1.807) is 6.20 Å². The molecule has 0 atom stereocenters. The van der Waals surface area contributed by atoms with Crippen LogP contribution in [-0.2, 0) is 5.54 Å². The van der Waals surface area contributed by atoms with E-state index in [-0.39, 0.29) is 0 Å². The molecule has 0 radical (unpaired) electrons. The lowest BCUT2D eigenvalue weighted by Crippen LogP contribution is -2.28. The van der Waals surface area contributed by atoms with Crippen molar-refractivity contribution in [3.63, 3.8) is 0 Å². The Morgan fingerprint density at radius 3 is 2.48 bits per heavy atom. The quantitative estimate of drug-likeness (QED) is 0.715. The van der Waals surface area contributed by atoms with Crippen molar-refractivity contribution in [3.8, 4) is 11.1 Å². The van der Waals surface area contributed by atoms with Crippen LogP contribution in [-0.4, -0.2) is 10.2 Å². The number of rotatable bonds is 3. The number of benzene rings is 2. The van der Waals surface area contributed by atoms with Gasteiger partial charge in [0.2, 0.25) is 0 Å². The van der Waals surface area contributed by atoms with Crippen molar-refractivity contribution in [2.45, 2.75) is 19.4 Å². The van der Waals surface area contributed by atoms with Crippen LogP contribution in [0, 0.1) is 4.91 Å². The summed E-state index contributed by atoms with van der Waals surface area (Å²) < 4.78 is 0. The number of H-pyrrole nitrogens is 1. The molecule has 0 bridgehead atoms. The summed E-state index contributed by atoms with van der Waals surface area (Å²) >= 11 is 0. The lowest BCUT2D eigenvalue weighted by atomic mass is 9.93. The number of hydrogen-bond acceptors (Lipinski definition) is 4. The Kier molecular flexibility index (Phi) is 3.07. The first kappa shape index (κ1) is 13.5. The Morgan fingerprint density at radius 1 is 1.14 bits per heavy atom. The van der Waals surface area contributed by atoms with E-state index in [4.69, 9.17) is 5.73 Å². The minimum atomic E-state index is -0.390. The highest BCUT2D eigenvalue weighted by atomic mass is 16.3. The number of aromatic amines is 1. The fourth-order valence-corrected chi connectivity index (χ4v) is 2.41. The molecule has 0 aliphatic rings. The Hall–Kier alpha value is -2.53. The Labute approximate surface area is 122 Å². The van der Waals surface area contributed by atoms with Crippen LogP contribution in [0.4, 0.5) is 5.69 Å². The van der Waals surface area contributed by atoms with E-state index in [1.807, 2.05) is 50.2 Å². The minimum absolute atomic E-state index is 0.390. The summed E-state index contributed by atoms with van der Waals surface area (Å²) in [5, 5.41) is 10.7. The number of fused-ring (bicyclic) bond motifs is 1. The molecule has 0 aliphatic carbocycles. The van der Waals surface area contributed by atoms with Gasteiger partial charge in [-0.15, -0.1) is 4.91 Å². The van der Waals surface area contributed by atoms with Crippen LogP contribution in [0.3, 0.4) is 0 Å². The van der Waals surface area contributed by atoms with E-state index in [1.165, 1.54) is 0 Å². The van der Waals surface area contributed by atoms with Crippen LogP contribution in [0.2, 0.25) is 0 Å². The van der Waals surface area contributed by atoms with Gasteiger partial charge in [-0.05, 0) is 42.3 Å². The molecule has 0 saturated carbocycles. The fraction of sp³-hybridized carbons (Fsp3) is 0.188. The number of nitrogens with one attached hydrogen (secondary N) is 1. The van der Waals surface area contributed by atoms with Gasteiger partial charge in [0.25, 0.3) is 0 Å². The van der Waals surface area contributed by atoms with Gasteiger partial charge in [-0.1, -0.05) is 24.3 Å². The van der Waals surface area contributed by atoms with Crippen LogP contribution in [0.1, 0.15) is 19.4 Å².